The Morgan fingerprint density at radius 2 is 2.05 bits per heavy atom. The summed E-state index contributed by atoms with van der Waals surface area (Å²) in [4.78, 5) is 30.2. The predicted octanol–water partition coefficient (Wildman–Crippen LogP) is 1.36. The van der Waals surface area contributed by atoms with Crippen LogP contribution in [0.4, 0.5) is 11.5 Å². The molecule has 1 aromatic carbocycles. The van der Waals surface area contributed by atoms with Crippen molar-refractivity contribution in [2.75, 3.05) is 12.4 Å². The number of nitrogens with one attached hydrogen (secondary N) is 2. The zero-order valence-corrected chi connectivity index (χ0v) is 11.2. The van der Waals surface area contributed by atoms with E-state index in [0.29, 0.717) is 11.4 Å². The summed E-state index contributed by atoms with van der Waals surface area (Å²) in [6, 6.07) is 6.23. The van der Waals surface area contributed by atoms with Gasteiger partial charge >= 0.3 is 0 Å². The summed E-state index contributed by atoms with van der Waals surface area (Å²) in [6.45, 7) is 0.0471. The standard InChI is InChI=1S/C13H13N5O3/c1-14-12-8-15-10(7-16-12)13(19)17-6-9-4-2-3-5-11(9)18(20)21/h2-5,7-8H,6H2,1H3,(H,14,16)(H,17,19). The van der Waals surface area contributed by atoms with Gasteiger partial charge in [0.1, 0.15) is 11.5 Å². The van der Waals surface area contributed by atoms with Gasteiger partial charge in [-0.1, -0.05) is 18.2 Å². The number of amides is 1. The van der Waals surface area contributed by atoms with Crippen LogP contribution in [0.25, 0.3) is 0 Å². The van der Waals surface area contributed by atoms with Crippen LogP contribution in [0, 0.1) is 10.1 Å². The summed E-state index contributed by atoms with van der Waals surface area (Å²) >= 11 is 0. The number of hydrogen-bond acceptors (Lipinski definition) is 6. The van der Waals surface area contributed by atoms with Gasteiger partial charge in [0.25, 0.3) is 11.6 Å². The van der Waals surface area contributed by atoms with E-state index in [4.69, 9.17) is 0 Å². The molecule has 0 radical (unpaired) electrons. The van der Waals surface area contributed by atoms with Crippen LogP contribution < -0.4 is 10.6 Å². The zero-order valence-electron chi connectivity index (χ0n) is 11.2. The number of hydrogen-bond donors (Lipinski definition) is 2. The van der Waals surface area contributed by atoms with Gasteiger partial charge in [0.15, 0.2) is 0 Å². The minimum Gasteiger partial charge on any atom is -0.372 e. The lowest BCUT2D eigenvalue weighted by molar-refractivity contribution is -0.385. The molecule has 1 heterocycles. The first-order valence-electron chi connectivity index (χ1n) is 6.12. The molecule has 0 bridgehead atoms. The highest BCUT2D eigenvalue weighted by Gasteiger charge is 2.14. The zero-order chi connectivity index (χ0) is 15.2. The number of para-hydroxylation sites is 1. The number of aromatic nitrogens is 2. The van der Waals surface area contributed by atoms with Crippen molar-refractivity contribution >= 4 is 17.4 Å². The second kappa shape index (κ2) is 6.42. The van der Waals surface area contributed by atoms with Crippen LogP contribution >= 0.6 is 0 Å². The Morgan fingerprint density at radius 3 is 2.67 bits per heavy atom. The second-order valence-electron chi connectivity index (χ2n) is 4.11. The van der Waals surface area contributed by atoms with Crippen molar-refractivity contribution in [3.63, 3.8) is 0 Å². The third-order valence-electron chi connectivity index (χ3n) is 2.77. The molecule has 0 saturated heterocycles. The highest BCUT2D eigenvalue weighted by atomic mass is 16.6. The van der Waals surface area contributed by atoms with Crippen LogP contribution in [0.1, 0.15) is 16.1 Å². The number of benzene rings is 1. The summed E-state index contributed by atoms with van der Waals surface area (Å²) in [5.74, 6) is 0.105. The molecule has 108 valence electrons. The van der Waals surface area contributed by atoms with Crippen molar-refractivity contribution in [3.8, 4) is 0 Å². The predicted molar refractivity (Wildman–Crippen MR) is 75.8 cm³/mol. The highest BCUT2D eigenvalue weighted by Crippen LogP contribution is 2.17. The Morgan fingerprint density at radius 1 is 1.29 bits per heavy atom. The molecule has 0 atom stereocenters. The van der Waals surface area contributed by atoms with Gasteiger partial charge in [-0.15, -0.1) is 0 Å². The molecular weight excluding hydrogens is 274 g/mol. The minimum atomic E-state index is -0.483. The molecule has 0 aliphatic heterocycles. The Bertz CT molecular complexity index is 657. The highest BCUT2D eigenvalue weighted by molar-refractivity contribution is 5.92. The Kier molecular flexibility index (Phi) is 4.39. The molecule has 8 nitrogen and oxygen atoms in total. The Hall–Kier alpha value is -3.03. The molecular formula is C13H13N5O3. The van der Waals surface area contributed by atoms with E-state index in [-0.39, 0.29) is 17.9 Å². The van der Waals surface area contributed by atoms with Gasteiger partial charge < -0.3 is 10.6 Å². The lowest BCUT2D eigenvalue weighted by atomic mass is 10.2. The smallest absolute Gasteiger partial charge is 0.274 e. The van der Waals surface area contributed by atoms with E-state index in [9.17, 15) is 14.9 Å². The normalized spacial score (nSPS) is 9.95. The molecule has 2 aromatic rings. The number of rotatable bonds is 5. The number of carbonyl (C=O) groups is 1. The molecule has 8 heteroatoms. The summed E-state index contributed by atoms with van der Waals surface area (Å²) < 4.78 is 0. The quantitative estimate of drug-likeness (QED) is 0.634. The van der Waals surface area contributed by atoms with E-state index in [1.54, 1.807) is 25.2 Å². The van der Waals surface area contributed by atoms with E-state index in [2.05, 4.69) is 20.6 Å². The van der Waals surface area contributed by atoms with Crippen molar-refractivity contribution in [2.45, 2.75) is 6.54 Å². The number of nitro benzene ring substituents is 1. The minimum absolute atomic E-state index is 0.0329. The third kappa shape index (κ3) is 3.50. The first-order chi connectivity index (χ1) is 10.1. The third-order valence-corrected chi connectivity index (χ3v) is 2.77. The maximum absolute atomic E-state index is 11.9. The van der Waals surface area contributed by atoms with Gasteiger partial charge in [0.2, 0.25) is 0 Å². The van der Waals surface area contributed by atoms with E-state index >= 15 is 0 Å². The fourth-order valence-electron chi connectivity index (χ4n) is 1.68. The molecule has 2 N–H and O–H groups in total. The van der Waals surface area contributed by atoms with Gasteiger partial charge in [0.05, 0.1) is 17.3 Å². The van der Waals surface area contributed by atoms with Crippen molar-refractivity contribution < 1.29 is 9.72 Å². The molecule has 0 spiro atoms. The van der Waals surface area contributed by atoms with Crippen LogP contribution in [0.15, 0.2) is 36.7 Å². The van der Waals surface area contributed by atoms with Crippen molar-refractivity contribution in [2.24, 2.45) is 0 Å². The van der Waals surface area contributed by atoms with Crippen LogP contribution in [0.2, 0.25) is 0 Å². The lowest BCUT2D eigenvalue weighted by Gasteiger charge is -2.06. The SMILES string of the molecule is CNc1cnc(C(=O)NCc2ccccc2[N+](=O)[O-])cn1. The van der Waals surface area contributed by atoms with Crippen molar-refractivity contribution in [3.05, 3.63) is 58.0 Å². The van der Waals surface area contributed by atoms with Gasteiger partial charge in [-0.25, -0.2) is 9.97 Å². The van der Waals surface area contributed by atoms with Crippen molar-refractivity contribution in [1.29, 1.82) is 0 Å². The van der Waals surface area contributed by atoms with Gasteiger partial charge in [-0.3, -0.25) is 14.9 Å². The van der Waals surface area contributed by atoms with Crippen LogP contribution in [-0.4, -0.2) is 27.8 Å². The first-order valence-corrected chi connectivity index (χ1v) is 6.12. The van der Waals surface area contributed by atoms with Crippen LogP contribution in [0.3, 0.4) is 0 Å². The molecule has 1 aromatic heterocycles. The van der Waals surface area contributed by atoms with Crippen molar-refractivity contribution in [1.82, 2.24) is 15.3 Å². The number of nitro groups is 1. The average molecular weight is 287 g/mol. The molecule has 0 aliphatic rings. The lowest BCUT2D eigenvalue weighted by Crippen LogP contribution is -2.24. The number of carbonyl (C=O) groups excluding carboxylic acids is 1. The molecule has 0 aliphatic carbocycles. The molecule has 0 saturated carbocycles. The van der Waals surface area contributed by atoms with E-state index in [1.807, 2.05) is 0 Å². The average Bonchev–Trinajstić information content (AvgIpc) is 2.52. The van der Waals surface area contributed by atoms with Gasteiger partial charge in [-0.2, -0.15) is 0 Å². The van der Waals surface area contributed by atoms with Crippen LogP contribution in [0.5, 0.6) is 0 Å². The molecule has 2 rings (SSSR count). The molecule has 0 fully saturated rings. The Labute approximate surface area is 120 Å². The van der Waals surface area contributed by atoms with E-state index in [0.717, 1.165) is 0 Å². The van der Waals surface area contributed by atoms with Gasteiger partial charge in [0, 0.05) is 25.2 Å². The second-order valence-corrected chi connectivity index (χ2v) is 4.11. The molecule has 0 unspecified atom stereocenters. The van der Waals surface area contributed by atoms with Crippen LogP contribution in [-0.2, 0) is 6.54 Å². The number of anilines is 1. The monoisotopic (exact) mass is 287 g/mol. The van der Waals surface area contributed by atoms with E-state index < -0.39 is 10.8 Å². The first kappa shape index (κ1) is 14.4. The summed E-state index contributed by atoms with van der Waals surface area (Å²) in [7, 11) is 1.69. The summed E-state index contributed by atoms with van der Waals surface area (Å²) in [6.07, 6.45) is 2.76. The van der Waals surface area contributed by atoms with Gasteiger partial charge in [-0.05, 0) is 0 Å². The topological polar surface area (TPSA) is 110 Å². The fraction of sp³-hybridized carbons (Fsp3) is 0.154. The summed E-state index contributed by atoms with van der Waals surface area (Å²) in [5, 5.41) is 16.2. The summed E-state index contributed by atoms with van der Waals surface area (Å²) in [5.41, 5.74) is 0.539. The Balaban J connectivity index is 2.05. The fourth-order valence-corrected chi connectivity index (χ4v) is 1.68. The number of nitrogens with zero attached hydrogens (tertiary/aromatic N) is 3. The largest absolute Gasteiger partial charge is 0.372 e. The van der Waals surface area contributed by atoms with E-state index in [1.165, 1.54) is 18.5 Å². The molecule has 1 amide bonds. The molecule has 21 heavy (non-hydrogen) atoms. The maximum Gasteiger partial charge on any atom is 0.274 e. The maximum atomic E-state index is 11.9.